The second kappa shape index (κ2) is 11.8. The molecule has 0 bridgehead atoms. The maximum atomic E-state index is 13.2. The Balaban J connectivity index is 1.22. The Kier molecular flexibility index (Phi) is 8.22. The van der Waals surface area contributed by atoms with Crippen molar-refractivity contribution < 1.29 is 9.53 Å². The second-order valence-corrected chi connectivity index (χ2v) is 12.3. The number of amides is 1. The summed E-state index contributed by atoms with van der Waals surface area (Å²) >= 11 is 0. The van der Waals surface area contributed by atoms with Crippen LogP contribution in [0.5, 0.6) is 11.5 Å². The van der Waals surface area contributed by atoms with Gasteiger partial charge in [0.15, 0.2) is 0 Å². The van der Waals surface area contributed by atoms with Crippen molar-refractivity contribution >= 4 is 17.4 Å². The molecule has 2 aliphatic rings. The molecule has 1 amide bonds. The highest BCUT2D eigenvalue weighted by atomic mass is 16.5. The van der Waals surface area contributed by atoms with Gasteiger partial charge in [0.2, 0.25) is 5.91 Å². The fourth-order valence-corrected chi connectivity index (χ4v) is 5.51. The fourth-order valence-electron chi connectivity index (χ4n) is 5.51. The average Bonchev–Trinajstić information content (AvgIpc) is 2.93. The third kappa shape index (κ3) is 6.89. The van der Waals surface area contributed by atoms with E-state index in [1.807, 2.05) is 30.3 Å². The summed E-state index contributed by atoms with van der Waals surface area (Å²) < 4.78 is 6.20. The number of anilines is 1. The molecule has 1 aliphatic carbocycles. The summed E-state index contributed by atoms with van der Waals surface area (Å²) in [5.74, 6) is 1.68. The molecule has 5 rings (SSSR count). The third-order valence-corrected chi connectivity index (χ3v) is 8.06. The quantitative estimate of drug-likeness (QED) is 0.267. The molecular formula is C33H41N5O2. The first-order valence-electron chi connectivity index (χ1n) is 14.4. The normalized spacial score (nSPS) is 18.1. The van der Waals surface area contributed by atoms with Crippen molar-refractivity contribution in [2.75, 3.05) is 25.5 Å². The SMILES string of the molecule is CN1CCC(NC(=N)c2cc(Oc3ccc4c(c3)CC(C(=O)Nc3cccc(C(C)(C)C)c3)CC4)ccn2)CC1. The number of fused-ring (bicyclic) bond motifs is 1. The minimum Gasteiger partial charge on any atom is -0.457 e. The van der Waals surface area contributed by atoms with E-state index in [0.29, 0.717) is 29.7 Å². The van der Waals surface area contributed by atoms with E-state index in [-0.39, 0.29) is 17.2 Å². The molecule has 210 valence electrons. The highest BCUT2D eigenvalue weighted by Gasteiger charge is 2.26. The number of likely N-dealkylation sites (tertiary alicyclic amines) is 1. The highest BCUT2D eigenvalue weighted by molar-refractivity contribution is 5.95. The molecule has 0 saturated carbocycles. The van der Waals surface area contributed by atoms with Gasteiger partial charge in [-0.15, -0.1) is 0 Å². The summed E-state index contributed by atoms with van der Waals surface area (Å²) in [7, 11) is 2.13. The molecule has 1 aliphatic heterocycles. The zero-order valence-electron chi connectivity index (χ0n) is 24.1. The van der Waals surface area contributed by atoms with E-state index in [4.69, 9.17) is 10.1 Å². The lowest BCUT2D eigenvalue weighted by atomic mass is 9.83. The summed E-state index contributed by atoms with van der Waals surface area (Å²) in [5.41, 5.74) is 5.07. The number of aryl methyl sites for hydroxylation is 1. The Morgan fingerprint density at radius 1 is 1.00 bits per heavy atom. The zero-order valence-corrected chi connectivity index (χ0v) is 24.1. The molecule has 1 fully saturated rings. The lowest BCUT2D eigenvalue weighted by Crippen LogP contribution is -2.43. The number of carbonyl (C=O) groups is 1. The monoisotopic (exact) mass is 539 g/mol. The van der Waals surface area contributed by atoms with Gasteiger partial charge in [0.1, 0.15) is 23.0 Å². The molecule has 1 unspecified atom stereocenters. The molecule has 2 heterocycles. The summed E-state index contributed by atoms with van der Waals surface area (Å²) in [6, 6.07) is 18.2. The van der Waals surface area contributed by atoms with Crippen LogP contribution < -0.4 is 15.4 Å². The van der Waals surface area contributed by atoms with E-state index < -0.39 is 0 Å². The van der Waals surface area contributed by atoms with Gasteiger partial charge in [-0.2, -0.15) is 0 Å². The van der Waals surface area contributed by atoms with Gasteiger partial charge in [0.05, 0.1) is 0 Å². The lowest BCUT2D eigenvalue weighted by molar-refractivity contribution is -0.120. The van der Waals surface area contributed by atoms with Crippen LogP contribution in [-0.4, -0.2) is 47.8 Å². The van der Waals surface area contributed by atoms with Crippen LogP contribution in [0.4, 0.5) is 5.69 Å². The maximum Gasteiger partial charge on any atom is 0.227 e. The van der Waals surface area contributed by atoms with Gasteiger partial charge in [-0.3, -0.25) is 15.2 Å². The van der Waals surface area contributed by atoms with E-state index in [9.17, 15) is 4.79 Å². The van der Waals surface area contributed by atoms with Gasteiger partial charge in [-0.25, -0.2) is 0 Å². The number of hydrogen-bond acceptors (Lipinski definition) is 5. The summed E-state index contributed by atoms with van der Waals surface area (Å²) in [6.07, 6.45) is 6.11. The predicted octanol–water partition coefficient (Wildman–Crippen LogP) is 5.92. The Morgan fingerprint density at radius 2 is 1.77 bits per heavy atom. The highest BCUT2D eigenvalue weighted by Crippen LogP contribution is 2.32. The number of benzene rings is 2. The number of nitrogens with zero attached hydrogens (tertiary/aromatic N) is 2. The number of aromatic nitrogens is 1. The van der Waals surface area contributed by atoms with E-state index in [0.717, 1.165) is 55.8 Å². The van der Waals surface area contributed by atoms with Crippen LogP contribution in [-0.2, 0) is 23.1 Å². The number of pyridine rings is 1. The van der Waals surface area contributed by atoms with Crippen LogP contribution >= 0.6 is 0 Å². The second-order valence-electron chi connectivity index (χ2n) is 12.3. The standard InChI is InChI=1S/C33H41N5O2/c1-33(2,3)25-6-5-7-27(20-25)37-32(39)23-9-8-22-10-11-28(19-24(22)18-23)40-29-12-15-35-30(21-29)31(34)36-26-13-16-38(4)17-14-26/h5-7,10-12,15,19-21,23,26H,8-9,13-14,16-18H2,1-4H3,(H2,34,36)(H,37,39). The number of amidine groups is 1. The van der Waals surface area contributed by atoms with E-state index in [2.05, 4.69) is 72.6 Å². The number of nitrogens with one attached hydrogen (secondary N) is 3. The van der Waals surface area contributed by atoms with E-state index in [1.165, 1.54) is 11.1 Å². The first-order chi connectivity index (χ1) is 19.1. The molecule has 2 aromatic carbocycles. The molecule has 0 spiro atoms. The smallest absolute Gasteiger partial charge is 0.227 e. The molecular weight excluding hydrogens is 498 g/mol. The number of hydrogen-bond donors (Lipinski definition) is 3. The molecule has 1 atom stereocenters. The van der Waals surface area contributed by atoms with Gasteiger partial charge in [0.25, 0.3) is 0 Å². The molecule has 3 aromatic rings. The van der Waals surface area contributed by atoms with Crippen LogP contribution in [0.2, 0.25) is 0 Å². The maximum absolute atomic E-state index is 13.2. The lowest BCUT2D eigenvalue weighted by Gasteiger charge is -2.30. The number of piperidine rings is 1. The number of ether oxygens (including phenoxy) is 1. The zero-order chi connectivity index (χ0) is 28.3. The average molecular weight is 540 g/mol. The van der Waals surface area contributed by atoms with Crippen molar-refractivity contribution in [1.82, 2.24) is 15.2 Å². The summed E-state index contributed by atoms with van der Waals surface area (Å²) in [6.45, 7) is 8.60. The van der Waals surface area contributed by atoms with Gasteiger partial charge in [-0.05, 0) is 105 Å². The molecule has 7 heteroatoms. The van der Waals surface area contributed by atoms with Crippen LogP contribution in [0, 0.1) is 11.3 Å². The van der Waals surface area contributed by atoms with E-state index in [1.54, 1.807) is 6.20 Å². The molecule has 1 aromatic heterocycles. The van der Waals surface area contributed by atoms with Gasteiger partial charge in [-0.1, -0.05) is 39.0 Å². The minimum absolute atomic E-state index is 0.0277. The minimum atomic E-state index is -0.0836. The Labute approximate surface area is 237 Å². The van der Waals surface area contributed by atoms with Gasteiger partial charge >= 0.3 is 0 Å². The topological polar surface area (TPSA) is 90.3 Å². The van der Waals surface area contributed by atoms with Crippen LogP contribution in [0.15, 0.2) is 60.8 Å². The van der Waals surface area contributed by atoms with Crippen LogP contribution in [0.1, 0.15) is 62.4 Å². The first-order valence-corrected chi connectivity index (χ1v) is 14.4. The Hall–Kier alpha value is -3.71. The molecule has 7 nitrogen and oxygen atoms in total. The van der Waals surface area contributed by atoms with Crippen molar-refractivity contribution in [3.05, 3.63) is 83.2 Å². The van der Waals surface area contributed by atoms with E-state index >= 15 is 0 Å². The van der Waals surface area contributed by atoms with Crippen molar-refractivity contribution in [2.24, 2.45) is 5.92 Å². The van der Waals surface area contributed by atoms with Crippen molar-refractivity contribution in [1.29, 1.82) is 5.41 Å². The summed E-state index contributed by atoms with van der Waals surface area (Å²) in [4.78, 5) is 19.9. The first kappa shape index (κ1) is 27.8. The Bertz CT molecular complexity index is 1370. The van der Waals surface area contributed by atoms with Crippen molar-refractivity contribution in [3.63, 3.8) is 0 Å². The Morgan fingerprint density at radius 3 is 2.55 bits per heavy atom. The molecule has 1 saturated heterocycles. The van der Waals surface area contributed by atoms with Crippen LogP contribution in [0.25, 0.3) is 0 Å². The fraction of sp³-hybridized carbons (Fsp3) is 0.424. The molecule has 3 N–H and O–H groups in total. The number of rotatable bonds is 6. The van der Waals surface area contributed by atoms with Gasteiger partial charge < -0.3 is 20.3 Å². The van der Waals surface area contributed by atoms with Crippen molar-refractivity contribution in [2.45, 2.75) is 64.3 Å². The molecule has 0 radical (unpaired) electrons. The van der Waals surface area contributed by atoms with Crippen molar-refractivity contribution in [3.8, 4) is 11.5 Å². The molecule has 40 heavy (non-hydrogen) atoms. The predicted molar refractivity (Wildman–Crippen MR) is 161 cm³/mol. The third-order valence-electron chi connectivity index (χ3n) is 8.06. The number of carbonyl (C=O) groups excluding carboxylic acids is 1. The van der Waals surface area contributed by atoms with Gasteiger partial charge in [0, 0.05) is 29.9 Å². The largest absolute Gasteiger partial charge is 0.457 e. The summed E-state index contributed by atoms with van der Waals surface area (Å²) in [5, 5.41) is 15.0. The van der Waals surface area contributed by atoms with Crippen LogP contribution in [0.3, 0.4) is 0 Å².